The summed E-state index contributed by atoms with van der Waals surface area (Å²) in [7, 11) is 1.57. The van der Waals surface area contributed by atoms with Crippen molar-refractivity contribution in [3.05, 3.63) is 35.6 Å². The summed E-state index contributed by atoms with van der Waals surface area (Å²) >= 11 is 0. The van der Waals surface area contributed by atoms with E-state index < -0.39 is 6.04 Å². The molecule has 21 heavy (non-hydrogen) atoms. The van der Waals surface area contributed by atoms with Crippen molar-refractivity contribution in [2.75, 3.05) is 26.7 Å². The molecule has 1 fully saturated rings. The molecule has 0 aliphatic carbocycles. The number of aryl methyl sites for hydroxylation is 1. The van der Waals surface area contributed by atoms with Crippen molar-refractivity contribution in [3.63, 3.8) is 0 Å². The number of hydrogen-bond donors (Lipinski definition) is 2. The molecule has 114 valence electrons. The maximum Gasteiger partial charge on any atom is 0.243 e. The van der Waals surface area contributed by atoms with E-state index in [4.69, 9.17) is 0 Å². The maximum absolute atomic E-state index is 12.8. The fourth-order valence-corrected chi connectivity index (χ4v) is 2.45. The van der Waals surface area contributed by atoms with Gasteiger partial charge >= 0.3 is 0 Å². The highest BCUT2D eigenvalue weighted by atomic mass is 19.1. The van der Waals surface area contributed by atoms with Crippen LogP contribution in [-0.2, 0) is 16.0 Å². The molecule has 1 aliphatic heterocycles. The Morgan fingerprint density at radius 3 is 2.76 bits per heavy atom. The number of nitrogens with one attached hydrogen (secondary N) is 2. The van der Waals surface area contributed by atoms with Crippen LogP contribution in [0, 0.1) is 5.82 Å². The number of piperazine rings is 1. The third-order valence-electron chi connectivity index (χ3n) is 3.65. The molecular weight excluding hydrogens is 273 g/mol. The van der Waals surface area contributed by atoms with E-state index in [1.165, 1.54) is 12.1 Å². The van der Waals surface area contributed by atoms with Crippen LogP contribution in [0.25, 0.3) is 0 Å². The van der Waals surface area contributed by atoms with E-state index in [1.54, 1.807) is 24.1 Å². The standard InChI is InChI=1S/C15H20FN3O2/c1-17-15(21)13-10-18-8-9-19(13)14(20)7-4-11-2-5-12(16)6-3-11/h2-3,5-6,13,18H,4,7-10H2,1H3,(H,17,21)/t13-/m1/s1. The quantitative estimate of drug-likeness (QED) is 0.839. The molecule has 1 heterocycles. The van der Waals surface area contributed by atoms with Gasteiger partial charge in [-0.1, -0.05) is 12.1 Å². The van der Waals surface area contributed by atoms with Gasteiger partial charge in [-0.25, -0.2) is 4.39 Å². The highest BCUT2D eigenvalue weighted by Crippen LogP contribution is 2.10. The van der Waals surface area contributed by atoms with Crippen LogP contribution in [0.3, 0.4) is 0 Å². The van der Waals surface area contributed by atoms with Crippen molar-refractivity contribution < 1.29 is 14.0 Å². The van der Waals surface area contributed by atoms with Gasteiger partial charge in [0.15, 0.2) is 0 Å². The Morgan fingerprint density at radius 1 is 1.38 bits per heavy atom. The first-order valence-corrected chi connectivity index (χ1v) is 7.08. The Kier molecular flexibility index (Phi) is 5.27. The number of hydrogen-bond acceptors (Lipinski definition) is 3. The Hall–Kier alpha value is -1.95. The molecule has 0 aromatic heterocycles. The minimum atomic E-state index is -0.454. The number of nitrogens with zero attached hydrogens (tertiary/aromatic N) is 1. The average molecular weight is 293 g/mol. The highest BCUT2D eigenvalue weighted by molar-refractivity contribution is 5.88. The van der Waals surface area contributed by atoms with Crippen LogP contribution in [-0.4, -0.2) is 49.4 Å². The van der Waals surface area contributed by atoms with Gasteiger partial charge in [0.2, 0.25) is 11.8 Å². The summed E-state index contributed by atoms with van der Waals surface area (Å²) in [6.07, 6.45) is 0.864. The zero-order valence-electron chi connectivity index (χ0n) is 12.1. The lowest BCUT2D eigenvalue weighted by atomic mass is 10.1. The van der Waals surface area contributed by atoms with E-state index >= 15 is 0 Å². The van der Waals surface area contributed by atoms with Crippen molar-refractivity contribution in [2.24, 2.45) is 0 Å². The van der Waals surface area contributed by atoms with Gasteiger partial charge in [-0.15, -0.1) is 0 Å². The van der Waals surface area contributed by atoms with Crippen LogP contribution in [0.4, 0.5) is 4.39 Å². The third kappa shape index (κ3) is 4.01. The van der Waals surface area contributed by atoms with Gasteiger partial charge in [0.05, 0.1) is 0 Å². The average Bonchev–Trinajstić information content (AvgIpc) is 2.53. The van der Waals surface area contributed by atoms with Crippen LogP contribution in [0.5, 0.6) is 0 Å². The summed E-state index contributed by atoms with van der Waals surface area (Å²) in [5.74, 6) is -0.487. The van der Waals surface area contributed by atoms with Gasteiger partial charge in [0.1, 0.15) is 11.9 Å². The fraction of sp³-hybridized carbons (Fsp3) is 0.467. The van der Waals surface area contributed by atoms with Gasteiger partial charge in [-0.05, 0) is 24.1 Å². The van der Waals surface area contributed by atoms with Crippen molar-refractivity contribution in [1.29, 1.82) is 0 Å². The number of benzene rings is 1. The first-order chi connectivity index (χ1) is 10.1. The Balaban J connectivity index is 1.94. The lowest BCUT2D eigenvalue weighted by Gasteiger charge is -2.35. The molecule has 5 nitrogen and oxygen atoms in total. The number of rotatable bonds is 4. The second-order valence-corrected chi connectivity index (χ2v) is 5.05. The zero-order valence-corrected chi connectivity index (χ0v) is 12.1. The summed E-state index contributed by atoms with van der Waals surface area (Å²) in [4.78, 5) is 25.7. The second-order valence-electron chi connectivity index (χ2n) is 5.05. The van der Waals surface area contributed by atoms with Crippen molar-refractivity contribution >= 4 is 11.8 Å². The molecule has 2 rings (SSSR count). The molecule has 0 bridgehead atoms. The molecule has 1 saturated heterocycles. The largest absolute Gasteiger partial charge is 0.357 e. The molecule has 0 unspecified atom stereocenters. The van der Waals surface area contributed by atoms with E-state index in [9.17, 15) is 14.0 Å². The number of amides is 2. The van der Waals surface area contributed by atoms with Gasteiger partial charge in [0, 0.05) is 33.1 Å². The van der Waals surface area contributed by atoms with E-state index in [1.807, 2.05) is 0 Å². The molecular formula is C15H20FN3O2. The van der Waals surface area contributed by atoms with Crippen molar-refractivity contribution in [2.45, 2.75) is 18.9 Å². The molecule has 1 aliphatic rings. The minimum absolute atomic E-state index is 0.0468. The lowest BCUT2D eigenvalue weighted by Crippen LogP contribution is -2.59. The van der Waals surface area contributed by atoms with E-state index in [2.05, 4.69) is 10.6 Å². The molecule has 0 saturated carbocycles. The molecule has 1 atom stereocenters. The fourth-order valence-electron chi connectivity index (χ4n) is 2.45. The summed E-state index contributed by atoms with van der Waals surface area (Å²) < 4.78 is 12.8. The molecule has 2 amide bonds. The van der Waals surface area contributed by atoms with Gasteiger partial charge in [0.25, 0.3) is 0 Å². The summed E-state index contributed by atoms with van der Waals surface area (Å²) in [6.45, 7) is 1.69. The van der Waals surface area contributed by atoms with Crippen molar-refractivity contribution in [3.8, 4) is 0 Å². The van der Waals surface area contributed by atoms with E-state index in [0.29, 0.717) is 32.5 Å². The van der Waals surface area contributed by atoms with Crippen molar-refractivity contribution in [1.82, 2.24) is 15.5 Å². The number of carbonyl (C=O) groups excluding carboxylic acids is 2. The summed E-state index contributed by atoms with van der Waals surface area (Å²) in [5.41, 5.74) is 0.913. The Bertz CT molecular complexity index is 504. The highest BCUT2D eigenvalue weighted by Gasteiger charge is 2.30. The summed E-state index contributed by atoms with van der Waals surface area (Å²) in [5, 5.41) is 5.70. The van der Waals surface area contributed by atoms with Gasteiger partial charge in [-0.3, -0.25) is 9.59 Å². The predicted octanol–water partition coefficient (Wildman–Crippen LogP) is 0.305. The first-order valence-electron chi connectivity index (χ1n) is 7.08. The minimum Gasteiger partial charge on any atom is -0.357 e. The van der Waals surface area contributed by atoms with E-state index in [-0.39, 0.29) is 17.6 Å². The normalized spacial score (nSPS) is 18.4. The van der Waals surface area contributed by atoms with Gasteiger partial charge in [-0.2, -0.15) is 0 Å². The van der Waals surface area contributed by atoms with Crippen LogP contribution in [0.2, 0.25) is 0 Å². The predicted molar refractivity (Wildman–Crippen MR) is 77.2 cm³/mol. The molecule has 6 heteroatoms. The topological polar surface area (TPSA) is 61.4 Å². The monoisotopic (exact) mass is 293 g/mol. The number of halogens is 1. The molecule has 1 aromatic carbocycles. The zero-order chi connectivity index (χ0) is 15.2. The number of carbonyl (C=O) groups is 2. The first kappa shape index (κ1) is 15.4. The number of likely N-dealkylation sites (N-methyl/N-ethyl adjacent to an activating group) is 1. The molecule has 2 N–H and O–H groups in total. The summed E-state index contributed by atoms with van der Waals surface area (Å²) in [6, 6.07) is 5.67. The SMILES string of the molecule is CNC(=O)[C@H]1CNCCN1C(=O)CCc1ccc(F)cc1. The Labute approximate surface area is 123 Å². The molecule has 0 radical (unpaired) electrons. The molecule has 1 aromatic rings. The lowest BCUT2D eigenvalue weighted by molar-refractivity contribution is -0.141. The maximum atomic E-state index is 12.8. The molecule has 0 spiro atoms. The smallest absolute Gasteiger partial charge is 0.243 e. The van der Waals surface area contributed by atoms with Crippen LogP contribution < -0.4 is 10.6 Å². The third-order valence-corrected chi connectivity index (χ3v) is 3.65. The van der Waals surface area contributed by atoms with Crippen LogP contribution in [0.1, 0.15) is 12.0 Å². The van der Waals surface area contributed by atoms with Gasteiger partial charge < -0.3 is 15.5 Å². The van der Waals surface area contributed by atoms with E-state index in [0.717, 1.165) is 5.56 Å². The van der Waals surface area contributed by atoms with Crippen LogP contribution >= 0.6 is 0 Å². The van der Waals surface area contributed by atoms with Crippen LogP contribution in [0.15, 0.2) is 24.3 Å². The Morgan fingerprint density at radius 2 is 2.10 bits per heavy atom. The second kappa shape index (κ2) is 7.17.